The van der Waals surface area contributed by atoms with Gasteiger partial charge in [-0.3, -0.25) is 0 Å². The van der Waals surface area contributed by atoms with Crippen molar-refractivity contribution in [2.75, 3.05) is 6.54 Å². The standard InChI is InChI=1S/C2H4Cl3NO/c3-2(4,1-6)7-5/h1,6H2. The van der Waals surface area contributed by atoms with Crippen LogP contribution < -0.4 is 5.73 Å². The van der Waals surface area contributed by atoms with Crippen LogP contribution in [0, 0.1) is 0 Å². The Balaban J connectivity index is 3.36. The fourth-order valence-corrected chi connectivity index (χ4v) is 0.0945. The van der Waals surface area contributed by atoms with Crippen LogP contribution in [-0.2, 0) is 4.29 Å². The van der Waals surface area contributed by atoms with Gasteiger partial charge in [-0.15, -0.1) is 0 Å². The van der Waals surface area contributed by atoms with Gasteiger partial charge in [0, 0.05) is 0 Å². The van der Waals surface area contributed by atoms with Crippen molar-refractivity contribution in [3.63, 3.8) is 0 Å². The number of hydrogen-bond donors (Lipinski definition) is 1. The summed E-state index contributed by atoms with van der Waals surface area (Å²) in [6, 6.07) is 0. The molecule has 0 atom stereocenters. The molecule has 0 unspecified atom stereocenters. The summed E-state index contributed by atoms with van der Waals surface area (Å²) in [6.45, 7) is -0.0282. The first-order valence-electron chi connectivity index (χ1n) is 1.50. The molecule has 0 radical (unpaired) electrons. The maximum Gasteiger partial charge on any atom is 0.248 e. The van der Waals surface area contributed by atoms with Crippen LogP contribution in [0.4, 0.5) is 0 Å². The van der Waals surface area contributed by atoms with E-state index in [1.807, 2.05) is 0 Å². The molecular formula is C2H4Cl3NO. The van der Waals surface area contributed by atoms with Gasteiger partial charge in [0.1, 0.15) is 0 Å². The molecule has 44 valence electrons. The van der Waals surface area contributed by atoms with Gasteiger partial charge in [0.25, 0.3) is 0 Å². The lowest BCUT2D eigenvalue weighted by Crippen LogP contribution is -2.24. The average Bonchev–Trinajstić information content (AvgIpc) is 1.68. The van der Waals surface area contributed by atoms with Gasteiger partial charge in [0.05, 0.1) is 18.4 Å². The van der Waals surface area contributed by atoms with Crippen LogP contribution in [0.1, 0.15) is 0 Å². The van der Waals surface area contributed by atoms with E-state index in [1.165, 1.54) is 0 Å². The van der Waals surface area contributed by atoms with Crippen molar-refractivity contribution >= 4 is 35.1 Å². The van der Waals surface area contributed by atoms with Crippen molar-refractivity contribution in [2.24, 2.45) is 5.73 Å². The number of alkyl halides is 2. The third kappa shape index (κ3) is 3.38. The molecule has 0 rings (SSSR count). The first-order chi connectivity index (χ1) is 3.12. The second kappa shape index (κ2) is 2.95. The molecule has 2 N–H and O–H groups in total. The summed E-state index contributed by atoms with van der Waals surface area (Å²) in [4.78, 5) is 0. The lowest BCUT2D eigenvalue weighted by molar-refractivity contribution is 0.277. The highest BCUT2D eigenvalue weighted by molar-refractivity contribution is 6.48. The highest BCUT2D eigenvalue weighted by atomic mass is 35.5. The minimum atomic E-state index is -1.43. The van der Waals surface area contributed by atoms with Gasteiger partial charge in [0.15, 0.2) is 0 Å². The highest BCUT2D eigenvalue weighted by Crippen LogP contribution is 2.21. The Hall–Kier alpha value is 0.790. The van der Waals surface area contributed by atoms with Crippen LogP contribution >= 0.6 is 35.1 Å². The Labute approximate surface area is 56.6 Å². The molecule has 0 aliphatic rings. The molecule has 0 spiro atoms. The Morgan fingerprint density at radius 2 is 2.00 bits per heavy atom. The van der Waals surface area contributed by atoms with Crippen LogP contribution in [0.2, 0.25) is 0 Å². The third-order valence-electron chi connectivity index (χ3n) is 0.351. The molecule has 0 saturated heterocycles. The molecule has 0 aromatic heterocycles. The van der Waals surface area contributed by atoms with E-state index in [-0.39, 0.29) is 6.54 Å². The number of rotatable bonds is 2. The third-order valence-corrected chi connectivity index (χ3v) is 1.23. The topological polar surface area (TPSA) is 35.2 Å². The molecule has 0 heterocycles. The van der Waals surface area contributed by atoms with E-state index in [2.05, 4.69) is 4.29 Å². The van der Waals surface area contributed by atoms with Crippen LogP contribution in [0.5, 0.6) is 0 Å². The van der Waals surface area contributed by atoms with Crippen molar-refractivity contribution in [1.82, 2.24) is 0 Å². The second-order valence-electron chi connectivity index (χ2n) is 0.919. The van der Waals surface area contributed by atoms with Crippen LogP contribution in [0.15, 0.2) is 0 Å². The minimum Gasteiger partial charge on any atom is -0.326 e. The van der Waals surface area contributed by atoms with Crippen LogP contribution in [-0.4, -0.2) is 11.1 Å². The highest BCUT2D eigenvalue weighted by Gasteiger charge is 2.21. The van der Waals surface area contributed by atoms with Crippen molar-refractivity contribution in [3.8, 4) is 0 Å². The lowest BCUT2D eigenvalue weighted by atomic mass is 10.7. The van der Waals surface area contributed by atoms with Gasteiger partial charge >= 0.3 is 0 Å². The first-order valence-corrected chi connectivity index (χ1v) is 2.56. The minimum absolute atomic E-state index is 0.0282. The van der Waals surface area contributed by atoms with Crippen molar-refractivity contribution in [2.45, 2.75) is 4.52 Å². The van der Waals surface area contributed by atoms with E-state index < -0.39 is 4.52 Å². The van der Waals surface area contributed by atoms with E-state index in [0.717, 1.165) is 0 Å². The molecule has 5 heteroatoms. The zero-order valence-electron chi connectivity index (χ0n) is 3.33. The fraction of sp³-hybridized carbons (Fsp3) is 1.00. The summed E-state index contributed by atoms with van der Waals surface area (Å²) in [5.74, 6) is 0. The lowest BCUT2D eigenvalue weighted by Gasteiger charge is -2.09. The second-order valence-corrected chi connectivity index (χ2v) is 2.49. The maximum absolute atomic E-state index is 5.19. The quantitative estimate of drug-likeness (QED) is 0.624. The molecule has 0 aliphatic heterocycles. The number of nitrogens with two attached hydrogens (primary N) is 1. The summed E-state index contributed by atoms with van der Waals surface area (Å²) < 4.78 is 2.54. The molecule has 0 saturated carbocycles. The van der Waals surface area contributed by atoms with Crippen molar-refractivity contribution < 1.29 is 4.29 Å². The monoisotopic (exact) mass is 163 g/mol. The zero-order valence-corrected chi connectivity index (χ0v) is 5.59. The van der Waals surface area contributed by atoms with E-state index in [9.17, 15) is 0 Å². The smallest absolute Gasteiger partial charge is 0.248 e. The molecule has 0 aromatic rings. The summed E-state index contributed by atoms with van der Waals surface area (Å²) in [7, 11) is 0. The molecule has 0 aliphatic carbocycles. The number of hydrogen-bond acceptors (Lipinski definition) is 2. The SMILES string of the molecule is NCC(Cl)(Cl)OCl. The average molecular weight is 164 g/mol. The largest absolute Gasteiger partial charge is 0.326 e. The van der Waals surface area contributed by atoms with E-state index in [4.69, 9.17) is 40.8 Å². The van der Waals surface area contributed by atoms with Gasteiger partial charge in [-0.1, -0.05) is 23.2 Å². The molecule has 0 amide bonds. The van der Waals surface area contributed by atoms with Gasteiger partial charge in [-0.2, -0.15) is 0 Å². The molecular weight excluding hydrogens is 160 g/mol. The van der Waals surface area contributed by atoms with Crippen molar-refractivity contribution in [3.05, 3.63) is 0 Å². The Kier molecular flexibility index (Phi) is 3.28. The van der Waals surface area contributed by atoms with Gasteiger partial charge < -0.3 is 5.73 Å². The van der Waals surface area contributed by atoms with Crippen LogP contribution in [0.3, 0.4) is 0 Å². The van der Waals surface area contributed by atoms with Crippen molar-refractivity contribution in [1.29, 1.82) is 0 Å². The molecule has 0 bridgehead atoms. The Bertz CT molecular complexity index is 50.9. The van der Waals surface area contributed by atoms with Crippen LogP contribution in [0.25, 0.3) is 0 Å². The first kappa shape index (κ1) is 7.79. The molecule has 2 nitrogen and oxygen atoms in total. The fourth-order valence-electron chi connectivity index (χ4n) is 0.0315. The summed E-state index contributed by atoms with van der Waals surface area (Å²) >= 11 is 15.1. The van der Waals surface area contributed by atoms with Gasteiger partial charge in [0.2, 0.25) is 4.52 Å². The van der Waals surface area contributed by atoms with Gasteiger partial charge in [-0.05, 0) is 0 Å². The number of halogens is 3. The molecule has 0 fully saturated rings. The zero-order chi connectivity index (χ0) is 5.91. The van der Waals surface area contributed by atoms with Gasteiger partial charge in [-0.25, -0.2) is 4.29 Å². The maximum atomic E-state index is 5.19. The Morgan fingerprint density at radius 1 is 1.57 bits per heavy atom. The normalized spacial score (nSPS) is 12.0. The van der Waals surface area contributed by atoms with E-state index in [1.54, 1.807) is 0 Å². The van der Waals surface area contributed by atoms with E-state index in [0.29, 0.717) is 0 Å². The predicted molar refractivity (Wildman–Crippen MR) is 30.4 cm³/mol. The summed E-state index contributed by atoms with van der Waals surface area (Å²) in [6.07, 6.45) is 0. The molecule has 7 heavy (non-hydrogen) atoms. The van der Waals surface area contributed by atoms with E-state index >= 15 is 0 Å². The summed E-state index contributed by atoms with van der Waals surface area (Å²) in [5, 5.41) is 0. The Morgan fingerprint density at radius 3 is 2.00 bits per heavy atom. The molecule has 0 aromatic carbocycles. The predicted octanol–water partition coefficient (Wildman–Crippen LogP) is 1.25. The summed E-state index contributed by atoms with van der Waals surface area (Å²) in [5.41, 5.74) is 4.94.